The maximum atomic E-state index is 12.9. The molecule has 32 heavy (non-hydrogen) atoms. The lowest BCUT2D eigenvalue weighted by Crippen LogP contribution is -2.70. The van der Waals surface area contributed by atoms with Crippen molar-refractivity contribution in [2.24, 2.45) is 0 Å². The van der Waals surface area contributed by atoms with Gasteiger partial charge in [0.15, 0.2) is 21.3 Å². The van der Waals surface area contributed by atoms with Gasteiger partial charge in [0.2, 0.25) is 0 Å². The molecule has 174 valence electrons. The topological polar surface area (TPSA) is 116 Å². The van der Waals surface area contributed by atoms with Crippen molar-refractivity contribution in [3.05, 3.63) is 46.7 Å². The zero-order valence-electron chi connectivity index (χ0n) is 18.7. The molecule has 1 saturated heterocycles. The van der Waals surface area contributed by atoms with Crippen molar-refractivity contribution in [1.82, 2.24) is 4.90 Å². The molecule has 9 nitrogen and oxygen atoms in total. The first kappa shape index (κ1) is 23.9. The number of ether oxygens (including phenoxy) is 3. The highest BCUT2D eigenvalue weighted by Gasteiger charge is 2.60. The van der Waals surface area contributed by atoms with Crippen molar-refractivity contribution in [1.29, 1.82) is 0 Å². The van der Waals surface area contributed by atoms with Crippen molar-refractivity contribution in [2.45, 2.75) is 51.2 Å². The zero-order valence-corrected chi connectivity index (χ0v) is 19.5. The fourth-order valence-electron chi connectivity index (χ4n) is 3.67. The molecule has 2 atom stereocenters. The molecule has 10 heteroatoms. The molecule has 0 aromatic heterocycles. The number of carbonyl (C=O) groups is 3. The molecule has 0 saturated carbocycles. The van der Waals surface area contributed by atoms with Crippen molar-refractivity contribution in [3.8, 4) is 0 Å². The number of fused-ring (bicyclic) bond motifs is 1. The number of rotatable bonds is 6. The van der Waals surface area contributed by atoms with Gasteiger partial charge >= 0.3 is 11.9 Å². The molecule has 1 fully saturated rings. The molecule has 0 N–H and O–H groups in total. The Bertz CT molecular complexity index is 1070. The summed E-state index contributed by atoms with van der Waals surface area (Å²) in [4.78, 5) is 37.6. The van der Waals surface area contributed by atoms with Crippen LogP contribution < -0.4 is 0 Å². The number of hydrogen-bond acceptors (Lipinski definition) is 8. The first-order valence-corrected chi connectivity index (χ1v) is 11.8. The molecule has 1 amide bonds. The van der Waals surface area contributed by atoms with E-state index in [1.165, 1.54) is 7.11 Å². The standard InChI is InChI=1S/C22H27NO8S/c1-13(24)30-11-15-12-32(27,28)20-18(29-5)19(25)23(20)17(15)21(26)31-10-14-6-8-16(9-7-14)22(2,3)4/h6-9,18,20H,10-12H2,1-5H3/t18-,20+/m0/s1. The van der Waals surface area contributed by atoms with Gasteiger partial charge in [0, 0.05) is 19.6 Å². The molecule has 3 rings (SSSR count). The van der Waals surface area contributed by atoms with E-state index in [9.17, 15) is 22.8 Å². The number of amides is 1. The molecule has 0 aliphatic carbocycles. The van der Waals surface area contributed by atoms with Crippen molar-refractivity contribution >= 4 is 27.7 Å². The SMILES string of the molecule is CO[C@H]1C(=O)N2C(C(=O)OCc3ccc(C(C)(C)C)cc3)=C(COC(C)=O)CS(=O)(=O)[C@H]12. The van der Waals surface area contributed by atoms with Crippen LogP contribution in [0.5, 0.6) is 0 Å². The molecular weight excluding hydrogens is 438 g/mol. The van der Waals surface area contributed by atoms with Gasteiger partial charge in [-0.3, -0.25) is 14.5 Å². The minimum atomic E-state index is -3.84. The Kier molecular flexibility index (Phi) is 6.48. The van der Waals surface area contributed by atoms with Crippen LogP contribution in [-0.4, -0.2) is 62.1 Å². The Morgan fingerprint density at radius 2 is 1.72 bits per heavy atom. The predicted molar refractivity (Wildman–Crippen MR) is 114 cm³/mol. The van der Waals surface area contributed by atoms with Crippen LogP contribution in [0.2, 0.25) is 0 Å². The van der Waals surface area contributed by atoms with Crippen LogP contribution in [-0.2, 0) is 50.5 Å². The van der Waals surface area contributed by atoms with Crippen LogP contribution in [0.15, 0.2) is 35.5 Å². The molecule has 2 aliphatic heterocycles. The number of carbonyl (C=O) groups excluding carboxylic acids is 3. The second kappa shape index (κ2) is 8.67. The maximum absolute atomic E-state index is 12.9. The second-order valence-electron chi connectivity index (χ2n) is 8.82. The highest BCUT2D eigenvalue weighted by atomic mass is 32.2. The Morgan fingerprint density at radius 3 is 2.25 bits per heavy atom. The van der Waals surface area contributed by atoms with Crippen LogP contribution in [0.4, 0.5) is 0 Å². The molecule has 0 radical (unpaired) electrons. The Morgan fingerprint density at radius 1 is 1.09 bits per heavy atom. The van der Waals surface area contributed by atoms with E-state index in [2.05, 4.69) is 20.8 Å². The molecule has 1 aromatic carbocycles. The number of hydrogen-bond donors (Lipinski definition) is 0. The van der Waals surface area contributed by atoms with Gasteiger partial charge in [0.25, 0.3) is 5.91 Å². The third kappa shape index (κ3) is 4.56. The van der Waals surface area contributed by atoms with E-state index >= 15 is 0 Å². The van der Waals surface area contributed by atoms with Gasteiger partial charge < -0.3 is 14.2 Å². The summed E-state index contributed by atoms with van der Waals surface area (Å²) < 4.78 is 40.7. The lowest BCUT2D eigenvalue weighted by molar-refractivity contribution is -0.164. The minimum Gasteiger partial charge on any atom is -0.461 e. The van der Waals surface area contributed by atoms with Gasteiger partial charge in [0.05, 0.1) is 5.75 Å². The van der Waals surface area contributed by atoms with Gasteiger partial charge in [-0.2, -0.15) is 0 Å². The third-order valence-electron chi connectivity index (χ3n) is 5.40. The first-order valence-electron chi connectivity index (χ1n) is 10.1. The summed E-state index contributed by atoms with van der Waals surface area (Å²) in [7, 11) is -2.62. The summed E-state index contributed by atoms with van der Waals surface area (Å²) in [6.45, 7) is 6.92. The van der Waals surface area contributed by atoms with Gasteiger partial charge in [0.1, 0.15) is 18.9 Å². The zero-order chi connectivity index (χ0) is 23.8. The number of nitrogens with zero attached hydrogens (tertiary/aromatic N) is 1. The van der Waals surface area contributed by atoms with Gasteiger partial charge in [-0.1, -0.05) is 45.0 Å². The van der Waals surface area contributed by atoms with Crippen LogP contribution in [0.25, 0.3) is 0 Å². The van der Waals surface area contributed by atoms with E-state index in [1.807, 2.05) is 24.3 Å². The fraction of sp³-hybridized carbons (Fsp3) is 0.500. The highest BCUT2D eigenvalue weighted by molar-refractivity contribution is 7.92. The number of methoxy groups -OCH3 is 1. The second-order valence-corrected chi connectivity index (χ2v) is 10.9. The van der Waals surface area contributed by atoms with Crippen molar-refractivity contribution < 1.29 is 37.0 Å². The maximum Gasteiger partial charge on any atom is 0.355 e. The highest BCUT2D eigenvalue weighted by Crippen LogP contribution is 2.38. The molecular formula is C22H27NO8S. The monoisotopic (exact) mass is 465 g/mol. The van der Waals surface area contributed by atoms with Crippen LogP contribution in [0.3, 0.4) is 0 Å². The normalized spacial score (nSPS) is 22.2. The van der Waals surface area contributed by atoms with E-state index in [4.69, 9.17) is 14.2 Å². The quantitative estimate of drug-likeness (QED) is 0.458. The summed E-state index contributed by atoms with van der Waals surface area (Å²) in [6.07, 6.45) is -1.19. The van der Waals surface area contributed by atoms with Crippen LogP contribution in [0.1, 0.15) is 38.8 Å². The van der Waals surface area contributed by atoms with E-state index in [-0.39, 0.29) is 23.3 Å². The number of benzene rings is 1. The van der Waals surface area contributed by atoms with Crippen molar-refractivity contribution in [2.75, 3.05) is 19.5 Å². The van der Waals surface area contributed by atoms with E-state index < -0.39 is 51.5 Å². The predicted octanol–water partition coefficient (Wildman–Crippen LogP) is 1.46. The fourth-order valence-corrected chi connectivity index (χ4v) is 5.68. The largest absolute Gasteiger partial charge is 0.461 e. The number of sulfone groups is 1. The summed E-state index contributed by atoms with van der Waals surface area (Å²) >= 11 is 0. The molecule has 2 heterocycles. The first-order chi connectivity index (χ1) is 14.9. The average molecular weight is 466 g/mol. The van der Waals surface area contributed by atoms with Gasteiger partial charge in [-0.05, 0) is 16.5 Å². The molecule has 1 aromatic rings. The summed E-state index contributed by atoms with van der Waals surface area (Å²) in [5.41, 5.74) is 1.61. The smallest absolute Gasteiger partial charge is 0.355 e. The van der Waals surface area contributed by atoms with Gasteiger partial charge in [-0.25, -0.2) is 13.2 Å². The van der Waals surface area contributed by atoms with Gasteiger partial charge in [-0.15, -0.1) is 0 Å². The molecule has 2 aliphatic rings. The van der Waals surface area contributed by atoms with E-state index in [0.717, 1.165) is 23.0 Å². The number of β-lactam (4-membered cyclic amide) rings is 1. The molecule has 0 unspecified atom stereocenters. The summed E-state index contributed by atoms with van der Waals surface area (Å²) in [6, 6.07) is 7.57. The Labute approximate surface area is 187 Å². The minimum absolute atomic E-state index is 0.00701. The van der Waals surface area contributed by atoms with E-state index in [1.54, 1.807) is 0 Å². The molecule has 0 bridgehead atoms. The molecule has 0 spiro atoms. The van der Waals surface area contributed by atoms with Crippen LogP contribution >= 0.6 is 0 Å². The third-order valence-corrected chi connectivity index (χ3v) is 7.35. The lowest BCUT2D eigenvalue weighted by Gasteiger charge is -2.48. The van der Waals surface area contributed by atoms with E-state index in [0.29, 0.717) is 0 Å². The lowest BCUT2D eigenvalue weighted by atomic mass is 9.87. The number of esters is 2. The Hall–Kier alpha value is -2.72. The van der Waals surface area contributed by atoms with Crippen molar-refractivity contribution in [3.63, 3.8) is 0 Å². The summed E-state index contributed by atoms with van der Waals surface area (Å²) in [5, 5.41) is -1.31. The Balaban J connectivity index is 1.86. The average Bonchev–Trinajstić information content (AvgIpc) is 2.70. The van der Waals surface area contributed by atoms with Crippen LogP contribution in [0, 0.1) is 0 Å². The summed E-state index contributed by atoms with van der Waals surface area (Å²) in [5.74, 6) is -2.72.